The van der Waals surface area contributed by atoms with Gasteiger partial charge in [0.15, 0.2) is 16.7 Å². The van der Waals surface area contributed by atoms with Crippen molar-refractivity contribution >= 4 is 23.1 Å². The Kier molecular flexibility index (Phi) is 5.87. The normalized spacial score (nSPS) is 15.6. The molecule has 1 saturated carbocycles. The zero-order valence-electron chi connectivity index (χ0n) is 14.6. The number of hydrogen-bond donors (Lipinski definition) is 2. The van der Waals surface area contributed by atoms with E-state index in [1.165, 1.54) is 18.4 Å². The van der Waals surface area contributed by atoms with Crippen molar-refractivity contribution in [3.8, 4) is 5.75 Å². The number of thiocarbonyl (C=S) groups is 1. The Morgan fingerprint density at radius 3 is 2.64 bits per heavy atom. The first-order valence-corrected chi connectivity index (χ1v) is 9.24. The Balaban J connectivity index is 1.63. The molecule has 0 unspecified atom stereocenters. The summed E-state index contributed by atoms with van der Waals surface area (Å²) < 4.78 is 5.33. The third kappa shape index (κ3) is 4.69. The fraction of sp³-hybridized carbons (Fsp3) is 0.400. The van der Waals surface area contributed by atoms with E-state index in [1.807, 2.05) is 12.1 Å². The Morgan fingerprint density at radius 1 is 1.16 bits per heavy atom. The first-order chi connectivity index (χ1) is 12.2. The Labute approximate surface area is 155 Å². The van der Waals surface area contributed by atoms with Gasteiger partial charge in [0.2, 0.25) is 0 Å². The second-order valence-electron chi connectivity index (χ2n) is 6.61. The van der Waals surface area contributed by atoms with Crippen LogP contribution in [0, 0.1) is 0 Å². The van der Waals surface area contributed by atoms with Gasteiger partial charge in [0, 0.05) is 11.7 Å². The number of nitrogens with zero attached hydrogens (tertiary/aromatic N) is 1. The Hall–Kier alpha value is -2.14. The van der Waals surface area contributed by atoms with Gasteiger partial charge in [-0.2, -0.15) is 0 Å². The maximum absolute atomic E-state index is 5.57. The zero-order chi connectivity index (χ0) is 17.5. The van der Waals surface area contributed by atoms with E-state index < -0.39 is 0 Å². The molecule has 1 aliphatic rings. The number of nitrogens with one attached hydrogen (secondary N) is 2. The predicted molar refractivity (Wildman–Crippen MR) is 106 cm³/mol. The van der Waals surface area contributed by atoms with Crippen LogP contribution in [0.2, 0.25) is 0 Å². The van der Waals surface area contributed by atoms with Gasteiger partial charge in [-0.25, -0.2) is 4.98 Å². The van der Waals surface area contributed by atoms with Gasteiger partial charge < -0.3 is 15.4 Å². The molecular formula is C20H25N3OS. The molecule has 0 amide bonds. The van der Waals surface area contributed by atoms with E-state index in [-0.39, 0.29) is 5.54 Å². The highest BCUT2D eigenvalue weighted by Crippen LogP contribution is 2.34. The van der Waals surface area contributed by atoms with Crippen LogP contribution in [0.25, 0.3) is 0 Å². The average molecular weight is 356 g/mol. The Bertz CT molecular complexity index is 699. The van der Waals surface area contributed by atoms with Gasteiger partial charge in [0.1, 0.15) is 0 Å². The lowest BCUT2D eigenvalue weighted by atomic mass is 9.89. The molecule has 25 heavy (non-hydrogen) atoms. The standard InChI is InChI=1S/C20H25N3OS/c1-24-17-10-7-15-21-18(17)22-19(25)23-20(12-5-6-13-20)14-11-16-8-3-2-4-9-16/h2-4,7-10,15H,5-6,11-14H2,1H3,(H2,21,22,23,25). The fourth-order valence-corrected chi connectivity index (χ4v) is 3.86. The summed E-state index contributed by atoms with van der Waals surface area (Å²) in [6.45, 7) is 0. The van der Waals surface area contributed by atoms with Crippen molar-refractivity contribution in [1.29, 1.82) is 0 Å². The number of aryl methyl sites for hydroxylation is 1. The van der Waals surface area contributed by atoms with Gasteiger partial charge in [-0.05, 0) is 55.6 Å². The van der Waals surface area contributed by atoms with Crippen molar-refractivity contribution in [3.05, 3.63) is 54.2 Å². The summed E-state index contributed by atoms with van der Waals surface area (Å²) in [5, 5.41) is 7.40. The second-order valence-corrected chi connectivity index (χ2v) is 7.01. The van der Waals surface area contributed by atoms with Crippen molar-refractivity contribution in [2.24, 2.45) is 0 Å². The minimum absolute atomic E-state index is 0.0714. The van der Waals surface area contributed by atoms with E-state index in [9.17, 15) is 0 Å². The summed E-state index contributed by atoms with van der Waals surface area (Å²) in [4.78, 5) is 4.32. The highest BCUT2D eigenvalue weighted by atomic mass is 32.1. The van der Waals surface area contributed by atoms with Gasteiger partial charge >= 0.3 is 0 Å². The summed E-state index contributed by atoms with van der Waals surface area (Å²) >= 11 is 5.57. The number of aromatic nitrogens is 1. The molecule has 1 aromatic carbocycles. The maximum Gasteiger partial charge on any atom is 0.174 e. The van der Waals surface area contributed by atoms with E-state index in [0.717, 1.165) is 25.7 Å². The molecule has 1 heterocycles. The first kappa shape index (κ1) is 17.7. The highest BCUT2D eigenvalue weighted by Gasteiger charge is 2.34. The van der Waals surface area contributed by atoms with Crippen LogP contribution in [0.15, 0.2) is 48.7 Å². The quantitative estimate of drug-likeness (QED) is 0.756. The van der Waals surface area contributed by atoms with Crippen LogP contribution < -0.4 is 15.4 Å². The van der Waals surface area contributed by atoms with Crippen LogP contribution in [0.5, 0.6) is 5.75 Å². The minimum Gasteiger partial charge on any atom is -0.493 e. The van der Waals surface area contributed by atoms with Gasteiger partial charge in [-0.1, -0.05) is 43.2 Å². The SMILES string of the molecule is COc1cccnc1NC(=S)NC1(CCc2ccccc2)CCCC1. The molecule has 0 saturated heterocycles. The van der Waals surface area contributed by atoms with Crippen LogP contribution in [0.3, 0.4) is 0 Å². The molecule has 0 radical (unpaired) electrons. The molecule has 1 fully saturated rings. The minimum atomic E-state index is 0.0714. The van der Waals surface area contributed by atoms with Crippen LogP contribution in [-0.2, 0) is 6.42 Å². The monoisotopic (exact) mass is 355 g/mol. The predicted octanol–water partition coefficient (Wildman–Crippen LogP) is 4.32. The van der Waals surface area contributed by atoms with Crippen molar-refractivity contribution in [2.75, 3.05) is 12.4 Å². The maximum atomic E-state index is 5.57. The van der Waals surface area contributed by atoms with E-state index in [2.05, 4.69) is 45.9 Å². The number of benzene rings is 1. The number of pyridine rings is 1. The van der Waals surface area contributed by atoms with Crippen LogP contribution >= 0.6 is 12.2 Å². The van der Waals surface area contributed by atoms with Gasteiger partial charge in [-0.15, -0.1) is 0 Å². The third-order valence-electron chi connectivity index (χ3n) is 4.90. The lowest BCUT2D eigenvalue weighted by Crippen LogP contribution is -2.48. The molecule has 0 aliphatic heterocycles. The third-order valence-corrected chi connectivity index (χ3v) is 5.10. The molecule has 0 atom stereocenters. The van der Waals surface area contributed by atoms with E-state index in [1.54, 1.807) is 13.3 Å². The number of rotatable bonds is 6. The lowest BCUT2D eigenvalue weighted by Gasteiger charge is -2.32. The molecule has 0 bridgehead atoms. The summed E-state index contributed by atoms with van der Waals surface area (Å²) in [6.07, 6.45) is 8.67. The number of methoxy groups -OCH3 is 1. The summed E-state index contributed by atoms with van der Waals surface area (Å²) in [7, 11) is 1.64. The van der Waals surface area contributed by atoms with Crippen LogP contribution in [0.1, 0.15) is 37.7 Å². The van der Waals surface area contributed by atoms with E-state index >= 15 is 0 Å². The van der Waals surface area contributed by atoms with Gasteiger partial charge in [0.25, 0.3) is 0 Å². The fourth-order valence-electron chi connectivity index (χ4n) is 3.55. The van der Waals surface area contributed by atoms with Gasteiger partial charge in [-0.3, -0.25) is 0 Å². The van der Waals surface area contributed by atoms with Crippen LogP contribution in [-0.4, -0.2) is 22.7 Å². The molecule has 132 valence electrons. The van der Waals surface area contributed by atoms with E-state index in [4.69, 9.17) is 17.0 Å². The second kappa shape index (κ2) is 8.30. The molecule has 1 aliphatic carbocycles. The van der Waals surface area contributed by atoms with Crippen LogP contribution in [0.4, 0.5) is 5.82 Å². The molecule has 2 N–H and O–H groups in total. The molecule has 0 spiro atoms. The lowest BCUT2D eigenvalue weighted by molar-refractivity contribution is 0.362. The largest absolute Gasteiger partial charge is 0.493 e. The highest BCUT2D eigenvalue weighted by molar-refractivity contribution is 7.80. The van der Waals surface area contributed by atoms with Crippen molar-refractivity contribution < 1.29 is 4.74 Å². The molecule has 3 rings (SSSR count). The zero-order valence-corrected chi connectivity index (χ0v) is 15.4. The molecule has 2 aromatic rings. The molecular weight excluding hydrogens is 330 g/mol. The summed E-state index contributed by atoms with van der Waals surface area (Å²) in [5.74, 6) is 1.34. The number of anilines is 1. The topological polar surface area (TPSA) is 46.2 Å². The summed E-state index contributed by atoms with van der Waals surface area (Å²) in [5.41, 5.74) is 1.45. The molecule has 4 nitrogen and oxygen atoms in total. The average Bonchev–Trinajstić information content (AvgIpc) is 3.10. The number of hydrogen-bond acceptors (Lipinski definition) is 3. The smallest absolute Gasteiger partial charge is 0.174 e. The first-order valence-electron chi connectivity index (χ1n) is 8.83. The molecule has 1 aromatic heterocycles. The molecule has 5 heteroatoms. The van der Waals surface area contributed by atoms with Crippen molar-refractivity contribution in [1.82, 2.24) is 10.3 Å². The van der Waals surface area contributed by atoms with E-state index in [0.29, 0.717) is 16.7 Å². The van der Waals surface area contributed by atoms with Gasteiger partial charge in [0.05, 0.1) is 7.11 Å². The summed E-state index contributed by atoms with van der Waals surface area (Å²) in [6, 6.07) is 14.4. The van der Waals surface area contributed by atoms with Crippen molar-refractivity contribution in [2.45, 2.75) is 44.1 Å². The number of ether oxygens (including phenoxy) is 1. The van der Waals surface area contributed by atoms with Crippen molar-refractivity contribution in [3.63, 3.8) is 0 Å². The Morgan fingerprint density at radius 2 is 1.92 bits per heavy atom.